The summed E-state index contributed by atoms with van der Waals surface area (Å²) < 4.78 is 5.95. The molecule has 0 radical (unpaired) electrons. The van der Waals surface area contributed by atoms with Crippen LogP contribution in [0, 0.1) is 0 Å². The van der Waals surface area contributed by atoms with Crippen LogP contribution in [0.25, 0.3) is 0 Å². The minimum atomic E-state index is -0.713. The highest BCUT2D eigenvalue weighted by Crippen LogP contribution is 2.19. The van der Waals surface area contributed by atoms with Crippen molar-refractivity contribution in [3.8, 4) is 0 Å². The Bertz CT molecular complexity index is 484. The van der Waals surface area contributed by atoms with Crippen LogP contribution in [-0.2, 0) is 9.53 Å². The average Bonchev–Trinajstić information content (AvgIpc) is 2.54. The van der Waals surface area contributed by atoms with Gasteiger partial charge in [-0.3, -0.25) is 4.79 Å². The molecule has 0 spiro atoms. The molecule has 1 fully saturated rings. The van der Waals surface area contributed by atoms with E-state index >= 15 is 0 Å². The molecule has 0 bridgehead atoms. The Morgan fingerprint density at radius 1 is 1.37 bits per heavy atom. The van der Waals surface area contributed by atoms with Crippen molar-refractivity contribution in [1.29, 1.82) is 0 Å². The van der Waals surface area contributed by atoms with Gasteiger partial charge in [0.1, 0.15) is 0 Å². The highest BCUT2D eigenvalue weighted by molar-refractivity contribution is 9.10. The number of amides is 1. The van der Waals surface area contributed by atoms with E-state index in [2.05, 4.69) is 21.2 Å². The molecule has 1 aromatic rings. The highest BCUT2D eigenvalue weighted by Gasteiger charge is 2.25. The molecule has 1 aliphatic rings. The van der Waals surface area contributed by atoms with E-state index in [0.717, 1.165) is 12.8 Å². The van der Waals surface area contributed by atoms with Crippen LogP contribution >= 0.6 is 15.9 Å². The second kappa shape index (κ2) is 6.06. The Morgan fingerprint density at radius 3 is 2.89 bits per heavy atom. The zero-order valence-electron chi connectivity index (χ0n) is 10.3. The fraction of sp³-hybridized carbons (Fsp3) is 0.385. The Kier molecular flexibility index (Phi) is 4.42. The minimum Gasteiger partial charge on any atom is -0.449 e. The molecule has 1 unspecified atom stereocenters. The van der Waals surface area contributed by atoms with Gasteiger partial charge in [0, 0.05) is 16.7 Å². The van der Waals surface area contributed by atoms with Crippen molar-refractivity contribution < 1.29 is 14.3 Å². The van der Waals surface area contributed by atoms with Crippen molar-refractivity contribution in [1.82, 2.24) is 5.32 Å². The number of esters is 1. The first-order chi connectivity index (χ1) is 9.06. The Morgan fingerprint density at radius 2 is 2.16 bits per heavy atom. The maximum absolute atomic E-state index is 12.0. The quantitative estimate of drug-likeness (QED) is 0.642. The molecule has 1 amide bonds. The summed E-state index contributed by atoms with van der Waals surface area (Å²) in [5.74, 6) is -0.760. The van der Waals surface area contributed by atoms with E-state index in [1.54, 1.807) is 12.1 Å². The summed E-state index contributed by atoms with van der Waals surface area (Å²) in [6.07, 6.45) is 1.61. The number of nitrogen functional groups attached to an aromatic ring is 1. The van der Waals surface area contributed by atoms with Gasteiger partial charge in [-0.25, -0.2) is 4.79 Å². The number of carbonyl (C=O) groups excluding carboxylic acids is 2. The molecular weight excluding hydrogens is 312 g/mol. The van der Waals surface area contributed by atoms with Crippen molar-refractivity contribution >= 4 is 33.5 Å². The highest BCUT2D eigenvalue weighted by atomic mass is 79.9. The van der Waals surface area contributed by atoms with Gasteiger partial charge in [0.2, 0.25) is 0 Å². The van der Waals surface area contributed by atoms with E-state index in [9.17, 15) is 9.59 Å². The van der Waals surface area contributed by atoms with Gasteiger partial charge < -0.3 is 15.8 Å². The lowest BCUT2D eigenvalue weighted by Gasteiger charge is -2.14. The predicted molar refractivity (Wildman–Crippen MR) is 74.6 cm³/mol. The smallest absolute Gasteiger partial charge is 0.339 e. The zero-order chi connectivity index (χ0) is 13.8. The molecular formula is C13H15BrN2O3. The van der Waals surface area contributed by atoms with Crippen LogP contribution in [0.15, 0.2) is 22.7 Å². The lowest BCUT2D eigenvalue weighted by atomic mass is 10.1. The topological polar surface area (TPSA) is 81.4 Å². The minimum absolute atomic E-state index is 0.228. The number of hydrogen-bond donors (Lipinski definition) is 2. The molecule has 1 aliphatic heterocycles. The van der Waals surface area contributed by atoms with E-state index in [0.29, 0.717) is 28.7 Å². The molecule has 0 saturated carbocycles. The summed E-state index contributed by atoms with van der Waals surface area (Å²) >= 11 is 3.26. The van der Waals surface area contributed by atoms with Gasteiger partial charge in [-0.2, -0.15) is 0 Å². The summed E-state index contributed by atoms with van der Waals surface area (Å²) in [4.78, 5) is 23.7. The van der Waals surface area contributed by atoms with E-state index < -0.39 is 12.1 Å². The Hall–Kier alpha value is -1.56. The van der Waals surface area contributed by atoms with Gasteiger partial charge in [-0.1, -0.05) is 15.9 Å². The summed E-state index contributed by atoms with van der Waals surface area (Å²) in [6, 6.07) is 4.84. The fourth-order valence-electron chi connectivity index (χ4n) is 1.95. The summed E-state index contributed by atoms with van der Waals surface area (Å²) in [6.45, 7) is 0.636. The van der Waals surface area contributed by atoms with Crippen molar-refractivity contribution in [3.63, 3.8) is 0 Å². The van der Waals surface area contributed by atoms with Crippen LogP contribution in [0.3, 0.4) is 0 Å². The lowest BCUT2D eigenvalue weighted by molar-refractivity contribution is -0.129. The molecule has 2 rings (SSSR count). The number of benzene rings is 1. The molecule has 1 aromatic carbocycles. The molecule has 19 heavy (non-hydrogen) atoms. The SMILES string of the molecule is Nc1cc(Br)cc(C(=O)OC2CCCCNC2=O)c1. The first kappa shape index (κ1) is 13.9. The van der Waals surface area contributed by atoms with Crippen molar-refractivity contribution in [2.24, 2.45) is 0 Å². The normalized spacial score (nSPS) is 19.4. The first-order valence-electron chi connectivity index (χ1n) is 6.11. The van der Waals surface area contributed by atoms with Gasteiger partial charge in [0.15, 0.2) is 6.10 Å². The molecule has 1 atom stereocenters. The number of carbonyl (C=O) groups is 2. The summed E-state index contributed by atoms with van der Waals surface area (Å²) in [7, 11) is 0. The van der Waals surface area contributed by atoms with Crippen LogP contribution in [0.1, 0.15) is 29.6 Å². The molecule has 6 heteroatoms. The molecule has 5 nitrogen and oxygen atoms in total. The van der Waals surface area contributed by atoms with E-state index in [1.807, 2.05) is 0 Å². The molecule has 1 heterocycles. The third-order valence-electron chi connectivity index (χ3n) is 2.89. The van der Waals surface area contributed by atoms with E-state index in [-0.39, 0.29) is 5.91 Å². The van der Waals surface area contributed by atoms with Gasteiger partial charge in [-0.15, -0.1) is 0 Å². The monoisotopic (exact) mass is 326 g/mol. The van der Waals surface area contributed by atoms with Gasteiger partial charge in [0.05, 0.1) is 5.56 Å². The molecule has 3 N–H and O–H groups in total. The second-order valence-electron chi connectivity index (χ2n) is 4.45. The van der Waals surface area contributed by atoms with Crippen LogP contribution in [0.2, 0.25) is 0 Å². The molecule has 0 aliphatic carbocycles. The Balaban J connectivity index is 2.09. The molecule has 102 valence electrons. The maximum Gasteiger partial charge on any atom is 0.339 e. The second-order valence-corrected chi connectivity index (χ2v) is 5.37. The molecule has 1 saturated heterocycles. The van der Waals surface area contributed by atoms with Crippen LogP contribution < -0.4 is 11.1 Å². The van der Waals surface area contributed by atoms with Crippen LogP contribution in [-0.4, -0.2) is 24.5 Å². The standard InChI is InChI=1S/C13H15BrN2O3/c14-9-5-8(6-10(15)7-9)13(18)19-11-3-1-2-4-16-12(11)17/h5-7,11H,1-4,15H2,(H,16,17). The number of halogens is 1. The number of ether oxygens (including phenoxy) is 1. The summed E-state index contributed by atoms with van der Waals surface area (Å²) in [5, 5.41) is 2.72. The third-order valence-corrected chi connectivity index (χ3v) is 3.35. The largest absolute Gasteiger partial charge is 0.449 e. The van der Waals surface area contributed by atoms with Crippen molar-refractivity contribution in [3.05, 3.63) is 28.2 Å². The van der Waals surface area contributed by atoms with E-state index in [1.165, 1.54) is 6.07 Å². The fourth-order valence-corrected chi connectivity index (χ4v) is 2.46. The van der Waals surface area contributed by atoms with Crippen LogP contribution in [0.4, 0.5) is 5.69 Å². The Labute approximate surface area is 119 Å². The third kappa shape index (κ3) is 3.70. The number of rotatable bonds is 2. The zero-order valence-corrected chi connectivity index (χ0v) is 11.9. The van der Waals surface area contributed by atoms with Crippen molar-refractivity contribution in [2.75, 3.05) is 12.3 Å². The van der Waals surface area contributed by atoms with Gasteiger partial charge in [0.25, 0.3) is 5.91 Å². The first-order valence-corrected chi connectivity index (χ1v) is 6.90. The van der Waals surface area contributed by atoms with Crippen LogP contribution in [0.5, 0.6) is 0 Å². The average molecular weight is 327 g/mol. The number of hydrogen-bond acceptors (Lipinski definition) is 4. The lowest BCUT2D eigenvalue weighted by Crippen LogP contribution is -2.36. The van der Waals surface area contributed by atoms with Crippen molar-refractivity contribution in [2.45, 2.75) is 25.4 Å². The maximum atomic E-state index is 12.0. The summed E-state index contributed by atoms with van der Waals surface area (Å²) in [5.41, 5.74) is 6.47. The van der Waals surface area contributed by atoms with Gasteiger partial charge in [-0.05, 0) is 37.5 Å². The molecule has 0 aromatic heterocycles. The number of nitrogens with two attached hydrogens (primary N) is 1. The number of anilines is 1. The van der Waals surface area contributed by atoms with Gasteiger partial charge >= 0.3 is 5.97 Å². The predicted octanol–water partition coefficient (Wildman–Crippen LogP) is 1.86. The van der Waals surface area contributed by atoms with E-state index in [4.69, 9.17) is 10.5 Å². The number of nitrogens with one attached hydrogen (secondary N) is 1.